The molecular formula is C27H20F3N5O3S. The quantitative estimate of drug-likeness (QED) is 0.200. The Labute approximate surface area is 224 Å². The van der Waals surface area contributed by atoms with Gasteiger partial charge in [0, 0.05) is 10.9 Å². The average molecular weight is 552 g/mol. The van der Waals surface area contributed by atoms with Crippen LogP contribution in [0.25, 0.3) is 27.2 Å². The summed E-state index contributed by atoms with van der Waals surface area (Å²) in [7, 11) is 3.02. The van der Waals surface area contributed by atoms with Crippen molar-refractivity contribution < 1.29 is 27.4 Å². The molecule has 0 aliphatic heterocycles. The maximum Gasteiger partial charge on any atom is 0.435 e. The molecule has 2 aromatic heterocycles. The van der Waals surface area contributed by atoms with E-state index in [1.54, 1.807) is 30.3 Å². The number of nitrogens with one attached hydrogen (secondary N) is 1. The van der Waals surface area contributed by atoms with Crippen molar-refractivity contribution >= 4 is 34.2 Å². The third-order valence-electron chi connectivity index (χ3n) is 5.74. The van der Waals surface area contributed by atoms with Crippen LogP contribution in [0, 0.1) is 0 Å². The molecule has 0 fully saturated rings. The lowest BCUT2D eigenvalue weighted by molar-refractivity contribution is -0.141. The number of halogens is 3. The molecule has 5 rings (SSSR count). The Kier molecular flexibility index (Phi) is 7.03. The van der Waals surface area contributed by atoms with E-state index in [-0.39, 0.29) is 16.5 Å². The fraction of sp³-hybridized carbons (Fsp3) is 0.111. The standard InChI is InChI=1S/C27H20F3N5O3S/c1-37-22-10-7-16(11-23(22)38-2)14-31-33-25(36)20-15-39-26(32-20)35-21(13-24(34-35)27(28,29)30)19-9-8-17-5-3-4-6-18(17)12-19/h3-15H,1-2H3,(H,33,36)/b31-14+. The first-order valence-electron chi connectivity index (χ1n) is 11.4. The molecule has 0 bridgehead atoms. The molecule has 0 radical (unpaired) electrons. The van der Waals surface area contributed by atoms with Crippen molar-refractivity contribution in [3.05, 3.63) is 89.1 Å². The first-order valence-corrected chi connectivity index (χ1v) is 12.3. The minimum Gasteiger partial charge on any atom is -0.493 e. The van der Waals surface area contributed by atoms with Crippen molar-refractivity contribution in [3.8, 4) is 27.9 Å². The Morgan fingerprint density at radius 1 is 1.00 bits per heavy atom. The van der Waals surface area contributed by atoms with Gasteiger partial charge in [0.15, 0.2) is 17.2 Å². The topological polar surface area (TPSA) is 90.6 Å². The number of carbonyl (C=O) groups is 1. The molecule has 0 saturated heterocycles. The zero-order valence-corrected chi connectivity index (χ0v) is 21.4. The number of thiazole rings is 1. The van der Waals surface area contributed by atoms with E-state index in [1.807, 2.05) is 30.3 Å². The summed E-state index contributed by atoms with van der Waals surface area (Å²) < 4.78 is 52.3. The summed E-state index contributed by atoms with van der Waals surface area (Å²) in [6.07, 6.45) is -3.25. The van der Waals surface area contributed by atoms with Crippen molar-refractivity contribution in [1.29, 1.82) is 0 Å². The first-order chi connectivity index (χ1) is 18.8. The number of hydrogen-bond donors (Lipinski definition) is 1. The number of alkyl halides is 3. The van der Waals surface area contributed by atoms with Gasteiger partial charge in [-0.25, -0.2) is 15.1 Å². The molecule has 0 aliphatic carbocycles. The molecular weight excluding hydrogens is 531 g/mol. The van der Waals surface area contributed by atoms with Crippen LogP contribution in [0.5, 0.6) is 11.5 Å². The van der Waals surface area contributed by atoms with E-state index in [9.17, 15) is 18.0 Å². The summed E-state index contributed by atoms with van der Waals surface area (Å²) in [5, 5.41) is 11.0. The van der Waals surface area contributed by atoms with Gasteiger partial charge in [0.1, 0.15) is 5.69 Å². The van der Waals surface area contributed by atoms with Gasteiger partial charge in [0.25, 0.3) is 5.91 Å². The van der Waals surface area contributed by atoms with E-state index >= 15 is 0 Å². The molecule has 0 spiro atoms. The van der Waals surface area contributed by atoms with Crippen LogP contribution >= 0.6 is 11.3 Å². The highest BCUT2D eigenvalue weighted by Gasteiger charge is 2.35. The number of ether oxygens (including phenoxy) is 2. The molecule has 8 nitrogen and oxygen atoms in total. The molecule has 12 heteroatoms. The van der Waals surface area contributed by atoms with Gasteiger partial charge in [-0.05, 0) is 46.7 Å². The van der Waals surface area contributed by atoms with Gasteiger partial charge in [-0.1, -0.05) is 36.4 Å². The number of hydrazone groups is 1. The minimum absolute atomic E-state index is 0.0204. The van der Waals surface area contributed by atoms with E-state index in [0.29, 0.717) is 22.6 Å². The van der Waals surface area contributed by atoms with Crippen LogP contribution in [-0.4, -0.2) is 41.1 Å². The summed E-state index contributed by atoms with van der Waals surface area (Å²) in [4.78, 5) is 16.9. The van der Waals surface area contributed by atoms with Gasteiger partial charge in [0.2, 0.25) is 5.13 Å². The van der Waals surface area contributed by atoms with Gasteiger partial charge < -0.3 is 9.47 Å². The highest BCUT2D eigenvalue weighted by molar-refractivity contribution is 7.12. The van der Waals surface area contributed by atoms with Crippen LogP contribution in [0.3, 0.4) is 0 Å². The number of nitrogens with zero attached hydrogens (tertiary/aromatic N) is 4. The zero-order chi connectivity index (χ0) is 27.6. The summed E-state index contributed by atoms with van der Waals surface area (Å²) in [6, 6.07) is 18.9. The van der Waals surface area contributed by atoms with Crippen LogP contribution < -0.4 is 14.9 Å². The van der Waals surface area contributed by atoms with E-state index in [2.05, 4.69) is 20.6 Å². The highest BCUT2D eigenvalue weighted by atomic mass is 32.1. The normalized spacial score (nSPS) is 11.7. The Bertz CT molecular complexity index is 1690. The molecule has 1 N–H and O–H groups in total. The van der Waals surface area contributed by atoms with Crippen LogP contribution in [0.15, 0.2) is 77.2 Å². The number of fused-ring (bicyclic) bond motifs is 1. The number of aromatic nitrogens is 3. The lowest BCUT2D eigenvalue weighted by Gasteiger charge is -2.07. The lowest BCUT2D eigenvalue weighted by Crippen LogP contribution is -2.18. The summed E-state index contributed by atoms with van der Waals surface area (Å²) in [5.74, 6) is 0.408. The van der Waals surface area contributed by atoms with Crippen molar-refractivity contribution in [1.82, 2.24) is 20.2 Å². The third kappa shape index (κ3) is 5.46. The third-order valence-corrected chi connectivity index (χ3v) is 6.55. The molecule has 5 aromatic rings. The largest absolute Gasteiger partial charge is 0.493 e. The second kappa shape index (κ2) is 10.6. The maximum atomic E-state index is 13.6. The van der Waals surface area contributed by atoms with Crippen LogP contribution in [-0.2, 0) is 6.18 Å². The highest BCUT2D eigenvalue weighted by Crippen LogP contribution is 2.35. The maximum absolute atomic E-state index is 13.6. The summed E-state index contributed by atoms with van der Waals surface area (Å²) in [5.41, 5.74) is 2.65. The summed E-state index contributed by atoms with van der Waals surface area (Å²) >= 11 is 0.985. The van der Waals surface area contributed by atoms with Crippen LogP contribution in [0.1, 0.15) is 21.7 Å². The summed E-state index contributed by atoms with van der Waals surface area (Å²) in [6.45, 7) is 0. The predicted octanol–water partition coefficient (Wildman–Crippen LogP) is 5.95. The monoisotopic (exact) mass is 551 g/mol. The molecule has 39 heavy (non-hydrogen) atoms. The average Bonchev–Trinajstić information content (AvgIpc) is 3.60. The molecule has 0 atom stereocenters. The first kappa shape index (κ1) is 25.9. The van der Waals surface area contributed by atoms with Gasteiger partial charge in [0.05, 0.1) is 26.1 Å². The number of carbonyl (C=O) groups excluding carboxylic acids is 1. The molecule has 198 valence electrons. The van der Waals surface area contributed by atoms with Crippen molar-refractivity contribution in [2.24, 2.45) is 5.10 Å². The van der Waals surface area contributed by atoms with E-state index in [1.165, 1.54) is 25.8 Å². The van der Waals surface area contributed by atoms with Crippen LogP contribution in [0.4, 0.5) is 13.2 Å². The van der Waals surface area contributed by atoms with Crippen molar-refractivity contribution in [2.45, 2.75) is 6.18 Å². The zero-order valence-electron chi connectivity index (χ0n) is 20.6. The van der Waals surface area contributed by atoms with Gasteiger partial charge >= 0.3 is 6.18 Å². The number of amides is 1. The molecule has 2 heterocycles. The Morgan fingerprint density at radius 2 is 1.77 bits per heavy atom. The second-order valence-electron chi connectivity index (χ2n) is 8.22. The fourth-order valence-electron chi connectivity index (χ4n) is 3.84. The molecule has 0 saturated carbocycles. The van der Waals surface area contributed by atoms with Gasteiger partial charge in [-0.3, -0.25) is 4.79 Å². The molecule has 1 amide bonds. The number of hydrogen-bond acceptors (Lipinski definition) is 7. The molecule has 0 unspecified atom stereocenters. The van der Waals surface area contributed by atoms with Gasteiger partial charge in [-0.2, -0.15) is 23.4 Å². The number of methoxy groups -OCH3 is 2. The Hall–Kier alpha value is -4.71. The van der Waals surface area contributed by atoms with E-state index in [0.717, 1.165) is 32.9 Å². The molecule has 3 aromatic carbocycles. The van der Waals surface area contributed by atoms with Gasteiger partial charge in [-0.15, -0.1) is 11.3 Å². The van der Waals surface area contributed by atoms with Crippen LogP contribution in [0.2, 0.25) is 0 Å². The number of rotatable bonds is 7. The Balaban J connectivity index is 1.41. The van der Waals surface area contributed by atoms with E-state index < -0.39 is 17.8 Å². The van der Waals surface area contributed by atoms with Crippen molar-refractivity contribution in [2.75, 3.05) is 14.2 Å². The Morgan fingerprint density at radius 3 is 2.51 bits per heavy atom. The molecule has 0 aliphatic rings. The van der Waals surface area contributed by atoms with Crippen molar-refractivity contribution in [3.63, 3.8) is 0 Å². The smallest absolute Gasteiger partial charge is 0.435 e. The predicted molar refractivity (Wildman–Crippen MR) is 142 cm³/mol. The fourth-order valence-corrected chi connectivity index (χ4v) is 4.61. The minimum atomic E-state index is -4.66. The lowest BCUT2D eigenvalue weighted by atomic mass is 10.0. The van der Waals surface area contributed by atoms with E-state index in [4.69, 9.17) is 9.47 Å². The second-order valence-corrected chi connectivity index (χ2v) is 9.05. The SMILES string of the molecule is COc1ccc(/C=N/NC(=O)c2csc(-n3nc(C(F)(F)F)cc3-c3ccc4ccccc4c3)n2)cc1OC. The number of benzene rings is 3.